The number of aromatic nitrogens is 3. The lowest BCUT2D eigenvalue weighted by Crippen LogP contribution is -2.29. The third-order valence-corrected chi connectivity index (χ3v) is 4.11. The summed E-state index contributed by atoms with van der Waals surface area (Å²) < 4.78 is 11.1. The van der Waals surface area contributed by atoms with Crippen LogP contribution < -0.4 is 0 Å². The average Bonchev–Trinajstić information content (AvgIpc) is 2.87. The summed E-state index contributed by atoms with van der Waals surface area (Å²) in [6.07, 6.45) is 9.39. The minimum Gasteiger partial charge on any atom is -0.506 e. The van der Waals surface area contributed by atoms with E-state index in [1.54, 1.807) is 19.4 Å². The van der Waals surface area contributed by atoms with Crippen LogP contribution in [0, 0.1) is 0 Å². The molecule has 1 N–H and O–H groups in total. The van der Waals surface area contributed by atoms with Gasteiger partial charge in [-0.05, 0) is 18.9 Å². The molecular weight excluding hydrogens is 270 g/mol. The highest BCUT2D eigenvalue weighted by Crippen LogP contribution is 2.38. The minimum absolute atomic E-state index is 0.0724. The number of ether oxygens (including phenoxy) is 1. The molecule has 0 saturated heterocycles. The van der Waals surface area contributed by atoms with Crippen LogP contribution in [-0.2, 0) is 10.3 Å². The number of methoxy groups -OCH3 is 1. The summed E-state index contributed by atoms with van der Waals surface area (Å²) in [5.41, 5.74) is 0.149. The van der Waals surface area contributed by atoms with Crippen molar-refractivity contribution in [3.8, 4) is 17.2 Å². The first-order chi connectivity index (χ1) is 10.2. The Morgan fingerprint density at radius 2 is 1.95 bits per heavy atom. The van der Waals surface area contributed by atoms with E-state index >= 15 is 0 Å². The van der Waals surface area contributed by atoms with Crippen molar-refractivity contribution in [2.75, 3.05) is 7.11 Å². The summed E-state index contributed by atoms with van der Waals surface area (Å²) in [6.45, 7) is 0. The first kappa shape index (κ1) is 14.0. The van der Waals surface area contributed by atoms with Crippen molar-refractivity contribution in [2.45, 2.75) is 44.1 Å². The number of aromatic hydroxyl groups is 1. The zero-order valence-corrected chi connectivity index (χ0v) is 12.1. The van der Waals surface area contributed by atoms with Crippen molar-refractivity contribution in [3.05, 3.63) is 24.3 Å². The number of hydrogen-bond donors (Lipinski definition) is 1. The van der Waals surface area contributed by atoms with E-state index < -0.39 is 5.60 Å². The second-order valence-electron chi connectivity index (χ2n) is 5.47. The molecule has 0 radical (unpaired) electrons. The summed E-state index contributed by atoms with van der Waals surface area (Å²) in [6, 6.07) is 1.55. The van der Waals surface area contributed by atoms with Gasteiger partial charge in [0.15, 0.2) is 0 Å². The maximum Gasteiger partial charge on any atom is 0.259 e. The van der Waals surface area contributed by atoms with Crippen LogP contribution in [0.3, 0.4) is 0 Å². The Balaban J connectivity index is 1.92. The Kier molecular flexibility index (Phi) is 3.88. The summed E-state index contributed by atoms with van der Waals surface area (Å²) in [7, 11) is 1.71. The van der Waals surface area contributed by atoms with Crippen LogP contribution in [0.1, 0.15) is 44.3 Å². The number of rotatable bonds is 3. The Hall–Kier alpha value is -1.95. The second-order valence-corrected chi connectivity index (χ2v) is 5.47. The molecule has 112 valence electrons. The molecule has 1 aliphatic rings. The SMILES string of the molecule is COC1(c2noc(-c3cncc(O)c3)n2)CCCCCC1. The van der Waals surface area contributed by atoms with E-state index in [0.717, 1.165) is 25.7 Å². The van der Waals surface area contributed by atoms with Gasteiger partial charge in [-0.1, -0.05) is 30.8 Å². The molecule has 1 saturated carbocycles. The Morgan fingerprint density at radius 3 is 2.62 bits per heavy atom. The fraction of sp³-hybridized carbons (Fsp3) is 0.533. The minimum atomic E-state index is -0.456. The van der Waals surface area contributed by atoms with E-state index in [2.05, 4.69) is 15.1 Å². The van der Waals surface area contributed by atoms with E-state index in [1.165, 1.54) is 19.0 Å². The molecule has 21 heavy (non-hydrogen) atoms. The summed E-state index contributed by atoms with van der Waals surface area (Å²) in [5, 5.41) is 13.6. The van der Waals surface area contributed by atoms with Gasteiger partial charge in [-0.25, -0.2) is 0 Å². The Bertz CT molecular complexity index is 604. The van der Waals surface area contributed by atoms with Crippen molar-refractivity contribution in [1.82, 2.24) is 15.1 Å². The maximum atomic E-state index is 9.49. The van der Waals surface area contributed by atoms with Crippen molar-refractivity contribution in [2.24, 2.45) is 0 Å². The predicted molar refractivity (Wildman–Crippen MR) is 75.6 cm³/mol. The van der Waals surface area contributed by atoms with Gasteiger partial charge in [-0.3, -0.25) is 4.98 Å². The van der Waals surface area contributed by atoms with Gasteiger partial charge in [0.05, 0.1) is 11.8 Å². The Labute approximate surface area is 123 Å². The number of pyridine rings is 1. The van der Waals surface area contributed by atoms with Crippen LogP contribution in [-0.4, -0.2) is 27.3 Å². The van der Waals surface area contributed by atoms with Crippen LogP contribution in [0.5, 0.6) is 5.75 Å². The lowest BCUT2D eigenvalue weighted by Gasteiger charge is -2.27. The van der Waals surface area contributed by atoms with E-state index in [0.29, 0.717) is 17.3 Å². The average molecular weight is 289 g/mol. The summed E-state index contributed by atoms with van der Waals surface area (Å²) in [5.74, 6) is 1.02. The van der Waals surface area contributed by atoms with E-state index in [9.17, 15) is 5.11 Å². The molecule has 1 fully saturated rings. The Morgan fingerprint density at radius 1 is 1.19 bits per heavy atom. The molecule has 0 aromatic carbocycles. The van der Waals surface area contributed by atoms with Gasteiger partial charge in [0, 0.05) is 13.3 Å². The van der Waals surface area contributed by atoms with Gasteiger partial charge in [0.25, 0.3) is 5.89 Å². The van der Waals surface area contributed by atoms with Crippen LogP contribution in [0.15, 0.2) is 23.0 Å². The molecule has 2 aromatic heterocycles. The molecule has 0 atom stereocenters. The fourth-order valence-corrected chi connectivity index (χ4v) is 2.89. The molecule has 0 spiro atoms. The van der Waals surface area contributed by atoms with Crippen LogP contribution in [0.2, 0.25) is 0 Å². The zero-order chi connectivity index (χ0) is 14.7. The molecule has 6 heteroatoms. The highest BCUT2D eigenvalue weighted by Gasteiger charge is 2.37. The number of nitrogens with zero attached hydrogens (tertiary/aromatic N) is 3. The smallest absolute Gasteiger partial charge is 0.259 e. The summed E-state index contributed by atoms with van der Waals surface area (Å²) in [4.78, 5) is 8.40. The van der Waals surface area contributed by atoms with Gasteiger partial charge in [0.2, 0.25) is 5.82 Å². The first-order valence-corrected chi connectivity index (χ1v) is 7.27. The van der Waals surface area contributed by atoms with Gasteiger partial charge in [-0.2, -0.15) is 4.98 Å². The molecule has 2 heterocycles. The molecule has 0 amide bonds. The molecule has 1 aliphatic carbocycles. The van der Waals surface area contributed by atoms with Crippen molar-refractivity contribution in [1.29, 1.82) is 0 Å². The molecule has 0 aliphatic heterocycles. The van der Waals surface area contributed by atoms with Gasteiger partial charge >= 0.3 is 0 Å². The third kappa shape index (κ3) is 2.76. The largest absolute Gasteiger partial charge is 0.506 e. The van der Waals surface area contributed by atoms with Crippen molar-refractivity contribution < 1.29 is 14.4 Å². The summed E-state index contributed by atoms with van der Waals surface area (Å²) >= 11 is 0. The highest BCUT2D eigenvalue weighted by molar-refractivity contribution is 5.53. The van der Waals surface area contributed by atoms with Gasteiger partial charge < -0.3 is 14.4 Å². The van der Waals surface area contributed by atoms with Crippen LogP contribution in [0.25, 0.3) is 11.5 Å². The van der Waals surface area contributed by atoms with Crippen LogP contribution in [0.4, 0.5) is 0 Å². The molecule has 0 unspecified atom stereocenters. The van der Waals surface area contributed by atoms with Crippen molar-refractivity contribution >= 4 is 0 Å². The molecule has 2 aromatic rings. The van der Waals surface area contributed by atoms with E-state index in [-0.39, 0.29) is 5.75 Å². The standard InChI is InChI=1S/C15H19N3O3/c1-20-15(6-4-2-3-5-7-15)14-17-13(21-18-14)11-8-12(19)10-16-9-11/h8-10,19H,2-7H2,1H3. The first-order valence-electron chi connectivity index (χ1n) is 7.27. The molecule has 6 nitrogen and oxygen atoms in total. The van der Waals surface area contributed by atoms with Crippen molar-refractivity contribution in [3.63, 3.8) is 0 Å². The quantitative estimate of drug-likeness (QED) is 0.875. The second kappa shape index (κ2) is 5.81. The normalized spacial score (nSPS) is 18.3. The van der Waals surface area contributed by atoms with Gasteiger partial charge in [-0.15, -0.1) is 0 Å². The molecular formula is C15H19N3O3. The van der Waals surface area contributed by atoms with Crippen LogP contribution >= 0.6 is 0 Å². The third-order valence-electron chi connectivity index (χ3n) is 4.11. The topological polar surface area (TPSA) is 81.3 Å². The number of hydrogen-bond acceptors (Lipinski definition) is 6. The zero-order valence-electron chi connectivity index (χ0n) is 12.1. The van der Waals surface area contributed by atoms with E-state index in [4.69, 9.17) is 9.26 Å². The highest BCUT2D eigenvalue weighted by atomic mass is 16.5. The lowest BCUT2D eigenvalue weighted by atomic mass is 9.93. The molecule has 0 bridgehead atoms. The van der Waals surface area contributed by atoms with Gasteiger partial charge in [0.1, 0.15) is 11.4 Å². The fourth-order valence-electron chi connectivity index (χ4n) is 2.89. The maximum absolute atomic E-state index is 9.49. The molecule has 3 rings (SSSR count). The van der Waals surface area contributed by atoms with E-state index in [1.807, 2.05) is 0 Å². The monoisotopic (exact) mass is 289 g/mol. The predicted octanol–water partition coefficient (Wildman–Crippen LogP) is 3.03. The lowest BCUT2D eigenvalue weighted by molar-refractivity contribution is -0.0365.